The van der Waals surface area contributed by atoms with Gasteiger partial charge >= 0.3 is 5.97 Å². The van der Waals surface area contributed by atoms with Crippen LogP contribution in [0.1, 0.15) is 64.2 Å². The minimum absolute atomic E-state index is 0.0916. The number of hydrogen-bond donors (Lipinski definition) is 2. The molecule has 4 heteroatoms. The molecule has 2 saturated carbocycles. The fourth-order valence-electron chi connectivity index (χ4n) is 4.52. The van der Waals surface area contributed by atoms with E-state index in [1.165, 1.54) is 32.1 Å². The van der Waals surface area contributed by atoms with Crippen molar-refractivity contribution in [1.29, 1.82) is 0 Å². The second kappa shape index (κ2) is 6.66. The van der Waals surface area contributed by atoms with E-state index in [9.17, 15) is 4.79 Å². The van der Waals surface area contributed by atoms with Gasteiger partial charge in [-0.2, -0.15) is 0 Å². The standard InChI is InChI=1S/C17H29NO3/c19-16(20)14-5-3-13(4-6-14)12-18-15-7-10-21-17(11-15)8-1-2-9-17/h13-15,18H,1-12H2,(H,19,20). The van der Waals surface area contributed by atoms with Crippen molar-refractivity contribution in [1.82, 2.24) is 5.32 Å². The number of carboxylic acids is 1. The van der Waals surface area contributed by atoms with Crippen LogP contribution in [-0.4, -0.2) is 35.9 Å². The van der Waals surface area contributed by atoms with E-state index in [0.717, 1.165) is 45.3 Å². The molecule has 0 amide bonds. The van der Waals surface area contributed by atoms with Gasteiger partial charge in [0.05, 0.1) is 11.5 Å². The third-order valence-electron chi connectivity index (χ3n) is 5.90. The maximum atomic E-state index is 11.0. The molecule has 120 valence electrons. The molecule has 4 nitrogen and oxygen atoms in total. The van der Waals surface area contributed by atoms with Crippen molar-refractivity contribution in [3.8, 4) is 0 Å². The van der Waals surface area contributed by atoms with Crippen LogP contribution in [0.4, 0.5) is 0 Å². The van der Waals surface area contributed by atoms with E-state index in [-0.39, 0.29) is 11.5 Å². The molecule has 1 aliphatic heterocycles. The van der Waals surface area contributed by atoms with Gasteiger partial charge in [-0.1, -0.05) is 12.8 Å². The Labute approximate surface area is 127 Å². The number of nitrogens with one attached hydrogen (secondary N) is 1. The smallest absolute Gasteiger partial charge is 0.306 e. The van der Waals surface area contributed by atoms with Crippen LogP contribution in [0.15, 0.2) is 0 Å². The Balaban J connectivity index is 1.40. The van der Waals surface area contributed by atoms with Crippen molar-refractivity contribution in [2.24, 2.45) is 11.8 Å². The highest BCUT2D eigenvalue weighted by Gasteiger charge is 2.39. The van der Waals surface area contributed by atoms with E-state index >= 15 is 0 Å². The lowest BCUT2D eigenvalue weighted by atomic mass is 9.81. The van der Waals surface area contributed by atoms with Gasteiger partial charge in [-0.25, -0.2) is 0 Å². The lowest BCUT2D eigenvalue weighted by Crippen LogP contribution is -2.46. The van der Waals surface area contributed by atoms with Crippen molar-refractivity contribution < 1.29 is 14.6 Å². The van der Waals surface area contributed by atoms with Crippen molar-refractivity contribution in [3.63, 3.8) is 0 Å². The number of carboxylic acid groups (broad SMARTS) is 1. The van der Waals surface area contributed by atoms with Crippen LogP contribution in [0.2, 0.25) is 0 Å². The molecule has 1 atom stereocenters. The Hall–Kier alpha value is -0.610. The van der Waals surface area contributed by atoms with Crippen LogP contribution in [-0.2, 0) is 9.53 Å². The summed E-state index contributed by atoms with van der Waals surface area (Å²) >= 11 is 0. The summed E-state index contributed by atoms with van der Waals surface area (Å²) in [7, 11) is 0. The molecule has 3 fully saturated rings. The first kappa shape index (κ1) is 15.3. The lowest BCUT2D eigenvalue weighted by Gasteiger charge is -2.39. The van der Waals surface area contributed by atoms with Gasteiger partial charge in [-0.3, -0.25) is 4.79 Å². The SMILES string of the molecule is O=C(O)C1CCC(CNC2CCOC3(CCCC3)C2)CC1. The first-order valence-corrected chi connectivity index (χ1v) is 8.77. The van der Waals surface area contributed by atoms with Crippen LogP contribution in [0.3, 0.4) is 0 Å². The molecule has 0 aromatic heterocycles. The Bertz CT molecular complexity index is 357. The van der Waals surface area contributed by atoms with Gasteiger partial charge in [0.25, 0.3) is 0 Å². The number of carbonyl (C=O) groups is 1. The first-order chi connectivity index (χ1) is 10.2. The van der Waals surface area contributed by atoms with Crippen LogP contribution in [0.5, 0.6) is 0 Å². The molecule has 1 saturated heterocycles. The number of rotatable bonds is 4. The summed E-state index contributed by atoms with van der Waals surface area (Å²) in [6, 6.07) is 0.606. The van der Waals surface area contributed by atoms with E-state index in [4.69, 9.17) is 9.84 Å². The molecule has 0 bridgehead atoms. The minimum atomic E-state index is -0.603. The maximum Gasteiger partial charge on any atom is 0.306 e. The van der Waals surface area contributed by atoms with E-state index < -0.39 is 5.97 Å². The third kappa shape index (κ3) is 3.78. The molecule has 1 heterocycles. The van der Waals surface area contributed by atoms with Crippen molar-refractivity contribution in [3.05, 3.63) is 0 Å². The third-order valence-corrected chi connectivity index (χ3v) is 5.90. The number of aliphatic carboxylic acids is 1. The van der Waals surface area contributed by atoms with Gasteiger partial charge in [0.1, 0.15) is 0 Å². The average molecular weight is 295 g/mol. The molecule has 2 aliphatic carbocycles. The van der Waals surface area contributed by atoms with Crippen molar-refractivity contribution in [2.75, 3.05) is 13.2 Å². The van der Waals surface area contributed by atoms with Gasteiger partial charge in [0, 0.05) is 12.6 Å². The van der Waals surface area contributed by atoms with Crippen molar-refractivity contribution in [2.45, 2.75) is 75.9 Å². The van der Waals surface area contributed by atoms with E-state index in [2.05, 4.69) is 5.32 Å². The Morgan fingerprint density at radius 3 is 2.52 bits per heavy atom. The fraction of sp³-hybridized carbons (Fsp3) is 0.941. The average Bonchev–Trinajstić information content (AvgIpc) is 2.93. The first-order valence-electron chi connectivity index (χ1n) is 8.77. The summed E-state index contributed by atoms with van der Waals surface area (Å²) in [6.45, 7) is 1.97. The zero-order valence-corrected chi connectivity index (χ0v) is 13.0. The van der Waals surface area contributed by atoms with Gasteiger partial charge in [-0.05, 0) is 63.8 Å². The summed E-state index contributed by atoms with van der Waals surface area (Å²) < 4.78 is 6.08. The Kier molecular flexibility index (Phi) is 4.85. The molecule has 21 heavy (non-hydrogen) atoms. The molecule has 3 rings (SSSR count). The highest BCUT2D eigenvalue weighted by Crippen LogP contribution is 2.40. The predicted octanol–water partition coefficient (Wildman–Crippen LogP) is 2.96. The van der Waals surface area contributed by atoms with Crippen LogP contribution < -0.4 is 5.32 Å². The highest BCUT2D eigenvalue weighted by atomic mass is 16.5. The molecule has 2 N–H and O–H groups in total. The van der Waals surface area contributed by atoms with Crippen molar-refractivity contribution >= 4 is 5.97 Å². The monoisotopic (exact) mass is 295 g/mol. The molecular formula is C17H29NO3. The van der Waals surface area contributed by atoms with E-state index in [1.807, 2.05) is 0 Å². The van der Waals surface area contributed by atoms with Gasteiger partial charge in [0.2, 0.25) is 0 Å². The molecule has 0 aromatic carbocycles. The second-order valence-electron chi connectivity index (χ2n) is 7.39. The normalized spacial score (nSPS) is 35.9. The van der Waals surface area contributed by atoms with Crippen LogP contribution >= 0.6 is 0 Å². The summed E-state index contributed by atoms with van der Waals surface area (Å²) in [6.07, 6.45) is 11.3. The molecule has 1 unspecified atom stereocenters. The Morgan fingerprint density at radius 2 is 1.86 bits per heavy atom. The Morgan fingerprint density at radius 1 is 1.14 bits per heavy atom. The number of hydrogen-bond acceptors (Lipinski definition) is 3. The van der Waals surface area contributed by atoms with Gasteiger partial charge in [-0.15, -0.1) is 0 Å². The maximum absolute atomic E-state index is 11.0. The topological polar surface area (TPSA) is 58.6 Å². The minimum Gasteiger partial charge on any atom is -0.481 e. The highest BCUT2D eigenvalue weighted by molar-refractivity contribution is 5.69. The largest absolute Gasteiger partial charge is 0.481 e. The zero-order valence-electron chi connectivity index (χ0n) is 13.0. The van der Waals surface area contributed by atoms with E-state index in [0.29, 0.717) is 12.0 Å². The fourth-order valence-corrected chi connectivity index (χ4v) is 4.52. The predicted molar refractivity (Wildman–Crippen MR) is 81.3 cm³/mol. The lowest BCUT2D eigenvalue weighted by molar-refractivity contribution is -0.143. The molecule has 0 aromatic rings. The molecule has 0 radical (unpaired) electrons. The van der Waals surface area contributed by atoms with Gasteiger partial charge < -0.3 is 15.2 Å². The second-order valence-corrected chi connectivity index (χ2v) is 7.39. The summed E-state index contributed by atoms with van der Waals surface area (Å²) in [5.74, 6) is -0.0249. The molecule has 3 aliphatic rings. The van der Waals surface area contributed by atoms with E-state index in [1.54, 1.807) is 0 Å². The van der Waals surface area contributed by atoms with Crippen LogP contribution in [0.25, 0.3) is 0 Å². The summed E-state index contributed by atoms with van der Waals surface area (Å²) in [5, 5.41) is 12.8. The summed E-state index contributed by atoms with van der Waals surface area (Å²) in [4.78, 5) is 11.0. The summed E-state index contributed by atoms with van der Waals surface area (Å²) in [5.41, 5.74) is 0.191. The quantitative estimate of drug-likeness (QED) is 0.837. The molecular weight excluding hydrogens is 266 g/mol. The number of ether oxygens (including phenoxy) is 1. The molecule has 1 spiro atoms. The van der Waals surface area contributed by atoms with Crippen LogP contribution in [0, 0.1) is 11.8 Å². The van der Waals surface area contributed by atoms with Gasteiger partial charge in [0.15, 0.2) is 0 Å². The zero-order chi connectivity index (χ0) is 14.7.